The molecule has 1 N–H and O–H groups in total. The molecule has 1 amide bonds. The fraction of sp³-hybridized carbons (Fsp3) is 0.190. The standard InChI is InChI=1S/C21H17Cl2F4N3O/c1-12(10-30-20(28-2)21(25,26)27)16(13-6-8-14(24)9-7-13)11-29-19(31)15-4-3-5-17(22)18(15)23/h3-10,16H,2,11H2,1H3,(H,29,31)/b12-10+,30-20-. The van der Waals surface area contributed by atoms with Crippen LogP contribution in [0.25, 0.3) is 0 Å². The monoisotopic (exact) mass is 473 g/mol. The van der Waals surface area contributed by atoms with Crippen molar-refractivity contribution in [1.82, 2.24) is 5.32 Å². The molecule has 0 bridgehead atoms. The molecule has 4 nitrogen and oxygen atoms in total. The second-order valence-corrected chi connectivity index (χ2v) is 7.18. The third kappa shape index (κ3) is 6.63. The minimum absolute atomic E-state index is 0.0198. The van der Waals surface area contributed by atoms with E-state index in [9.17, 15) is 22.4 Å². The minimum Gasteiger partial charge on any atom is -0.351 e. The van der Waals surface area contributed by atoms with Crippen LogP contribution in [0.5, 0.6) is 0 Å². The minimum atomic E-state index is -4.76. The molecular formula is C21H17Cl2F4N3O. The van der Waals surface area contributed by atoms with Crippen LogP contribution in [0.4, 0.5) is 17.6 Å². The Hall–Kier alpha value is -2.71. The third-order valence-electron chi connectivity index (χ3n) is 4.28. The number of carbonyl (C=O) groups is 1. The molecule has 0 aliphatic heterocycles. The van der Waals surface area contributed by atoms with Gasteiger partial charge >= 0.3 is 6.18 Å². The van der Waals surface area contributed by atoms with Gasteiger partial charge in [-0.1, -0.05) is 41.4 Å². The molecule has 0 radical (unpaired) electrons. The smallest absolute Gasteiger partial charge is 0.351 e. The molecule has 0 saturated carbocycles. The molecule has 2 rings (SSSR count). The summed E-state index contributed by atoms with van der Waals surface area (Å²) >= 11 is 12.0. The first-order valence-electron chi connectivity index (χ1n) is 8.80. The molecule has 0 aliphatic rings. The summed E-state index contributed by atoms with van der Waals surface area (Å²) in [5.41, 5.74) is 1.07. The first-order chi connectivity index (χ1) is 14.5. The molecule has 0 aliphatic carbocycles. The van der Waals surface area contributed by atoms with Crippen molar-refractivity contribution in [3.05, 3.63) is 81.2 Å². The van der Waals surface area contributed by atoms with E-state index in [4.69, 9.17) is 23.2 Å². The van der Waals surface area contributed by atoms with Gasteiger partial charge in [-0.15, -0.1) is 0 Å². The lowest BCUT2D eigenvalue weighted by Crippen LogP contribution is -2.29. The Balaban J connectivity index is 2.33. The number of alkyl halides is 3. The van der Waals surface area contributed by atoms with Crippen LogP contribution in [0.2, 0.25) is 10.0 Å². The van der Waals surface area contributed by atoms with Gasteiger partial charge in [0.25, 0.3) is 5.91 Å². The predicted octanol–water partition coefficient (Wildman–Crippen LogP) is 6.21. The summed E-state index contributed by atoms with van der Waals surface area (Å²) in [5, 5.41) is 2.94. The zero-order valence-electron chi connectivity index (χ0n) is 16.2. The van der Waals surface area contributed by atoms with Crippen LogP contribution in [0, 0.1) is 5.82 Å². The molecule has 31 heavy (non-hydrogen) atoms. The lowest BCUT2D eigenvalue weighted by molar-refractivity contribution is -0.0596. The van der Waals surface area contributed by atoms with E-state index >= 15 is 0 Å². The number of halogens is 6. The topological polar surface area (TPSA) is 53.8 Å². The van der Waals surface area contributed by atoms with E-state index in [0.29, 0.717) is 11.1 Å². The number of hydrogen-bond acceptors (Lipinski definition) is 2. The number of nitrogens with zero attached hydrogens (tertiary/aromatic N) is 2. The molecule has 0 heterocycles. The van der Waals surface area contributed by atoms with Crippen molar-refractivity contribution in [2.75, 3.05) is 6.54 Å². The Labute approximate surface area is 186 Å². The molecule has 0 spiro atoms. The highest BCUT2D eigenvalue weighted by Gasteiger charge is 2.35. The molecule has 0 fully saturated rings. The summed E-state index contributed by atoms with van der Waals surface area (Å²) in [4.78, 5) is 18.8. The van der Waals surface area contributed by atoms with Crippen LogP contribution in [-0.2, 0) is 0 Å². The second-order valence-electron chi connectivity index (χ2n) is 6.40. The number of benzene rings is 2. The summed E-state index contributed by atoms with van der Waals surface area (Å²) in [7, 11) is 0. The van der Waals surface area contributed by atoms with Gasteiger partial charge in [-0.25, -0.2) is 14.4 Å². The Bertz CT molecular complexity index is 1020. The van der Waals surface area contributed by atoms with Crippen molar-refractivity contribution in [1.29, 1.82) is 0 Å². The Kier molecular flexibility index (Phi) is 8.36. The van der Waals surface area contributed by atoms with Gasteiger partial charge in [-0.2, -0.15) is 13.2 Å². The molecule has 2 aromatic rings. The fourth-order valence-corrected chi connectivity index (χ4v) is 3.05. The number of aliphatic imine (C=N–C) groups is 2. The van der Waals surface area contributed by atoms with E-state index in [1.165, 1.54) is 43.3 Å². The summed E-state index contributed by atoms with van der Waals surface area (Å²) in [6.45, 7) is 4.39. The number of hydrogen-bond donors (Lipinski definition) is 1. The van der Waals surface area contributed by atoms with Gasteiger partial charge in [-0.05, 0) is 49.0 Å². The van der Waals surface area contributed by atoms with E-state index in [-0.39, 0.29) is 22.2 Å². The van der Waals surface area contributed by atoms with Crippen LogP contribution < -0.4 is 5.32 Å². The molecule has 2 aromatic carbocycles. The van der Waals surface area contributed by atoms with Crippen molar-refractivity contribution in [2.24, 2.45) is 9.98 Å². The number of amidine groups is 1. The Morgan fingerprint density at radius 2 is 1.84 bits per heavy atom. The lowest BCUT2D eigenvalue weighted by Gasteiger charge is -2.19. The van der Waals surface area contributed by atoms with Crippen molar-refractivity contribution in [2.45, 2.75) is 19.0 Å². The third-order valence-corrected chi connectivity index (χ3v) is 5.10. The maximum absolute atomic E-state index is 13.3. The quantitative estimate of drug-likeness (QED) is 0.302. The first-order valence-corrected chi connectivity index (χ1v) is 9.56. The SMILES string of the molecule is C=N/C(=N\C=C(/C)C(CNC(=O)c1cccc(Cl)c1Cl)c1ccc(F)cc1)C(F)(F)F. The van der Waals surface area contributed by atoms with Gasteiger partial charge in [0, 0.05) is 18.7 Å². The van der Waals surface area contributed by atoms with Gasteiger partial charge in [0.15, 0.2) is 0 Å². The van der Waals surface area contributed by atoms with Crippen molar-refractivity contribution < 1.29 is 22.4 Å². The van der Waals surface area contributed by atoms with Crippen LogP contribution in [0.3, 0.4) is 0 Å². The second kappa shape index (κ2) is 10.5. The number of carbonyl (C=O) groups excluding carboxylic acids is 1. The van der Waals surface area contributed by atoms with E-state index in [1.807, 2.05) is 0 Å². The maximum atomic E-state index is 13.3. The van der Waals surface area contributed by atoms with E-state index in [2.05, 4.69) is 22.0 Å². The average Bonchev–Trinajstić information content (AvgIpc) is 2.70. The molecule has 0 saturated heterocycles. The summed E-state index contributed by atoms with van der Waals surface area (Å²) in [6.07, 6.45) is -3.77. The molecule has 1 atom stereocenters. The average molecular weight is 474 g/mol. The molecule has 164 valence electrons. The van der Waals surface area contributed by atoms with Gasteiger partial charge in [-0.3, -0.25) is 4.79 Å². The van der Waals surface area contributed by atoms with Gasteiger partial charge in [0.05, 0.1) is 15.6 Å². The highest BCUT2D eigenvalue weighted by atomic mass is 35.5. The Morgan fingerprint density at radius 1 is 1.19 bits per heavy atom. The zero-order chi connectivity index (χ0) is 23.2. The first kappa shape index (κ1) is 24.6. The van der Waals surface area contributed by atoms with Gasteiger partial charge < -0.3 is 5.32 Å². The van der Waals surface area contributed by atoms with Gasteiger partial charge in [0.1, 0.15) is 5.82 Å². The van der Waals surface area contributed by atoms with Gasteiger partial charge in [0.2, 0.25) is 5.84 Å². The molecule has 0 aromatic heterocycles. The van der Waals surface area contributed by atoms with E-state index in [0.717, 1.165) is 6.20 Å². The van der Waals surface area contributed by atoms with E-state index < -0.39 is 29.7 Å². The maximum Gasteiger partial charge on any atom is 0.451 e. The number of amides is 1. The highest BCUT2D eigenvalue weighted by molar-refractivity contribution is 6.43. The normalized spacial score (nSPS) is 13.6. The van der Waals surface area contributed by atoms with Crippen molar-refractivity contribution >= 4 is 41.7 Å². The van der Waals surface area contributed by atoms with Crippen LogP contribution in [0.1, 0.15) is 28.8 Å². The fourth-order valence-electron chi connectivity index (χ4n) is 2.66. The van der Waals surface area contributed by atoms with E-state index in [1.54, 1.807) is 6.07 Å². The molecular weight excluding hydrogens is 457 g/mol. The van der Waals surface area contributed by atoms with Crippen LogP contribution in [0.15, 0.2) is 64.2 Å². The Morgan fingerprint density at radius 3 is 2.42 bits per heavy atom. The predicted molar refractivity (Wildman–Crippen MR) is 115 cm³/mol. The summed E-state index contributed by atoms with van der Waals surface area (Å²) in [5.74, 6) is -3.02. The summed E-state index contributed by atoms with van der Waals surface area (Å²) in [6, 6.07) is 9.92. The van der Waals surface area contributed by atoms with Crippen LogP contribution >= 0.6 is 23.2 Å². The lowest BCUT2D eigenvalue weighted by atomic mass is 9.92. The number of rotatable bonds is 6. The van der Waals surface area contributed by atoms with Crippen molar-refractivity contribution in [3.63, 3.8) is 0 Å². The highest BCUT2D eigenvalue weighted by Crippen LogP contribution is 2.27. The molecule has 1 unspecified atom stereocenters. The number of nitrogens with one attached hydrogen (secondary N) is 1. The van der Waals surface area contributed by atoms with Crippen molar-refractivity contribution in [3.8, 4) is 0 Å². The van der Waals surface area contributed by atoms with Crippen LogP contribution in [-0.4, -0.2) is 31.2 Å². The zero-order valence-corrected chi connectivity index (χ0v) is 17.7. The largest absolute Gasteiger partial charge is 0.451 e. The molecule has 10 heteroatoms. The summed E-state index contributed by atoms with van der Waals surface area (Å²) < 4.78 is 51.8.